The number of nitrogens with zero attached hydrogens (tertiary/aromatic N) is 5. The van der Waals surface area contributed by atoms with E-state index in [-0.39, 0.29) is 18.3 Å². The van der Waals surface area contributed by atoms with Crippen LogP contribution in [-0.2, 0) is 6.54 Å². The lowest BCUT2D eigenvalue weighted by Gasteiger charge is -2.32. The molecule has 1 aromatic carbocycles. The summed E-state index contributed by atoms with van der Waals surface area (Å²) in [5, 5.41) is 14.5. The lowest BCUT2D eigenvalue weighted by molar-refractivity contribution is 0.0933. The highest BCUT2D eigenvalue weighted by Gasteiger charge is 2.21. The van der Waals surface area contributed by atoms with Crippen molar-refractivity contribution in [2.45, 2.75) is 25.8 Å². The number of ether oxygens (including phenoxy) is 1. The number of tetrazole rings is 1. The van der Waals surface area contributed by atoms with Crippen LogP contribution >= 0.6 is 24.0 Å². The van der Waals surface area contributed by atoms with E-state index in [4.69, 9.17) is 22.1 Å². The average molecular weight is 444 g/mol. The third-order valence-electron chi connectivity index (χ3n) is 5.07. The molecule has 29 heavy (non-hydrogen) atoms. The molecule has 0 aliphatic carbocycles. The van der Waals surface area contributed by atoms with E-state index in [0.29, 0.717) is 34.5 Å². The van der Waals surface area contributed by atoms with Crippen LogP contribution in [0.15, 0.2) is 18.5 Å². The van der Waals surface area contributed by atoms with Crippen LogP contribution in [0, 0.1) is 5.92 Å². The molecule has 1 saturated heterocycles. The van der Waals surface area contributed by atoms with E-state index in [1.807, 2.05) is 0 Å². The van der Waals surface area contributed by atoms with Crippen molar-refractivity contribution < 1.29 is 9.53 Å². The van der Waals surface area contributed by atoms with E-state index >= 15 is 0 Å². The van der Waals surface area contributed by atoms with Crippen LogP contribution in [0.2, 0.25) is 5.02 Å². The van der Waals surface area contributed by atoms with Gasteiger partial charge in [0.2, 0.25) is 0 Å². The number of hydrogen-bond donors (Lipinski definition) is 2. The van der Waals surface area contributed by atoms with Gasteiger partial charge in [-0.05, 0) is 61.3 Å². The first-order valence-electron chi connectivity index (χ1n) is 9.41. The molecule has 1 aromatic heterocycles. The minimum atomic E-state index is -0.192. The fraction of sp³-hybridized carbons (Fsp3) is 0.556. The molecule has 0 saturated carbocycles. The average Bonchev–Trinajstić information content (AvgIpc) is 3.22. The van der Waals surface area contributed by atoms with Crippen LogP contribution in [0.4, 0.5) is 5.69 Å². The first-order valence-corrected chi connectivity index (χ1v) is 9.79. The first-order chi connectivity index (χ1) is 13.6. The molecule has 0 radical (unpaired) electrons. The molecule has 3 N–H and O–H groups in total. The second-order valence-corrected chi connectivity index (χ2v) is 7.40. The highest BCUT2D eigenvalue weighted by atomic mass is 35.5. The Morgan fingerprint density at radius 3 is 2.76 bits per heavy atom. The Bertz CT molecular complexity index is 781. The maximum atomic E-state index is 12.5. The summed E-state index contributed by atoms with van der Waals surface area (Å²) in [7, 11) is 1.51. The van der Waals surface area contributed by atoms with Gasteiger partial charge < -0.3 is 20.7 Å². The number of aromatic nitrogens is 4. The van der Waals surface area contributed by atoms with Gasteiger partial charge in [-0.1, -0.05) is 11.6 Å². The molecule has 0 spiro atoms. The van der Waals surface area contributed by atoms with E-state index in [1.54, 1.807) is 23.1 Å². The molecule has 0 bridgehead atoms. The van der Waals surface area contributed by atoms with Crippen LogP contribution in [0.1, 0.15) is 29.6 Å². The molecule has 160 valence electrons. The van der Waals surface area contributed by atoms with Crippen molar-refractivity contribution in [3.63, 3.8) is 0 Å². The number of nitrogens with two attached hydrogens (primary N) is 1. The van der Waals surface area contributed by atoms with Gasteiger partial charge in [0.1, 0.15) is 12.1 Å². The number of nitrogen functional groups attached to an aromatic ring is 1. The molecule has 2 heterocycles. The number of likely N-dealkylation sites (tertiary alicyclic amines) is 1. The number of aryl methyl sites for hydroxylation is 1. The van der Waals surface area contributed by atoms with Crippen LogP contribution < -0.4 is 15.8 Å². The van der Waals surface area contributed by atoms with Gasteiger partial charge in [-0.3, -0.25) is 4.79 Å². The third-order valence-corrected chi connectivity index (χ3v) is 5.40. The maximum absolute atomic E-state index is 12.5. The molecule has 1 amide bonds. The van der Waals surface area contributed by atoms with Crippen LogP contribution in [-0.4, -0.2) is 64.3 Å². The Labute approximate surface area is 181 Å². The molecule has 9 nitrogen and oxygen atoms in total. The number of piperidine rings is 1. The fourth-order valence-corrected chi connectivity index (χ4v) is 3.56. The lowest BCUT2D eigenvalue weighted by Crippen LogP contribution is -2.39. The van der Waals surface area contributed by atoms with Gasteiger partial charge in [-0.2, -0.15) is 0 Å². The largest absolute Gasteiger partial charge is 0.496 e. The van der Waals surface area contributed by atoms with E-state index < -0.39 is 0 Å². The summed E-state index contributed by atoms with van der Waals surface area (Å²) in [5.41, 5.74) is 6.57. The van der Waals surface area contributed by atoms with Crippen molar-refractivity contribution in [2.75, 3.05) is 39.0 Å². The van der Waals surface area contributed by atoms with Crippen molar-refractivity contribution >= 4 is 35.6 Å². The molecule has 1 aliphatic heterocycles. The molecular weight excluding hydrogens is 417 g/mol. The Kier molecular flexibility index (Phi) is 8.94. The molecule has 11 heteroatoms. The quantitative estimate of drug-likeness (QED) is 0.598. The van der Waals surface area contributed by atoms with Crippen LogP contribution in [0.5, 0.6) is 5.75 Å². The zero-order chi connectivity index (χ0) is 19.9. The number of carbonyl (C=O) groups excluding carboxylic acids is 1. The summed E-state index contributed by atoms with van der Waals surface area (Å²) in [4.78, 5) is 15.0. The molecular formula is C18H27Cl2N7O2. The SMILES string of the molecule is COc1cc(N)c(Cl)cc1C(=O)NCC1CCN(CCCn2cnnn2)CC1.Cl. The summed E-state index contributed by atoms with van der Waals surface area (Å²) in [6.07, 6.45) is 4.78. The Morgan fingerprint density at radius 2 is 2.10 bits per heavy atom. The molecule has 1 fully saturated rings. The van der Waals surface area contributed by atoms with Gasteiger partial charge in [0.15, 0.2) is 0 Å². The zero-order valence-corrected chi connectivity index (χ0v) is 18.0. The van der Waals surface area contributed by atoms with Crippen molar-refractivity contribution in [2.24, 2.45) is 5.92 Å². The van der Waals surface area contributed by atoms with Gasteiger partial charge in [0.05, 0.1) is 23.4 Å². The van der Waals surface area contributed by atoms with Gasteiger partial charge in [-0.15, -0.1) is 17.5 Å². The Balaban J connectivity index is 0.00000300. The van der Waals surface area contributed by atoms with E-state index in [2.05, 4.69) is 25.7 Å². The fourth-order valence-electron chi connectivity index (χ4n) is 3.40. The number of methoxy groups -OCH3 is 1. The Hall–Kier alpha value is -2.10. The monoisotopic (exact) mass is 443 g/mol. The molecule has 3 rings (SSSR count). The number of amides is 1. The number of hydrogen-bond acceptors (Lipinski definition) is 7. The van der Waals surface area contributed by atoms with E-state index in [9.17, 15) is 4.79 Å². The van der Waals surface area contributed by atoms with E-state index in [1.165, 1.54) is 7.11 Å². The van der Waals surface area contributed by atoms with Gasteiger partial charge in [-0.25, -0.2) is 4.68 Å². The number of benzene rings is 1. The number of carbonyl (C=O) groups is 1. The second-order valence-electron chi connectivity index (χ2n) is 7.00. The summed E-state index contributed by atoms with van der Waals surface area (Å²) in [5.74, 6) is 0.703. The smallest absolute Gasteiger partial charge is 0.255 e. The summed E-state index contributed by atoms with van der Waals surface area (Å²) >= 11 is 6.05. The molecule has 0 unspecified atom stereocenters. The highest BCUT2D eigenvalue weighted by molar-refractivity contribution is 6.33. The standard InChI is InChI=1S/C18H26ClN7O2.ClH/c1-28-17-10-16(20)15(19)9-14(17)18(27)21-11-13-3-7-25(8-4-13)5-2-6-26-12-22-23-24-26;/h9-10,12-13H,2-8,11,20H2,1H3,(H,21,27);1H. The van der Waals surface area contributed by atoms with Crippen LogP contribution in [0.25, 0.3) is 0 Å². The molecule has 2 aromatic rings. The number of anilines is 1. The molecule has 1 aliphatic rings. The number of rotatable bonds is 8. The van der Waals surface area contributed by atoms with Gasteiger partial charge >= 0.3 is 0 Å². The lowest BCUT2D eigenvalue weighted by atomic mass is 9.96. The Morgan fingerprint density at radius 1 is 1.34 bits per heavy atom. The van der Waals surface area contributed by atoms with Crippen molar-refractivity contribution in [3.05, 3.63) is 29.0 Å². The van der Waals surface area contributed by atoms with E-state index in [0.717, 1.165) is 45.4 Å². The summed E-state index contributed by atoms with van der Waals surface area (Å²) in [6.45, 7) is 4.57. The normalized spacial score (nSPS) is 15.0. The minimum absolute atomic E-state index is 0. The minimum Gasteiger partial charge on any atom is -0.496 e. The van der Waals surface area contributed by atoms with Crippen molar-refractivity contribution in [1.82, 2.24) is 30.4 Å². The summed E-state index contributed by atoms with van der Waals surface area (Å²) < 4.78 is 7.00. The van der Waals surface area contributed by atoms with Crippen LogP contribution in [0.3, 0.4) is 0 Å². The predicted molar refractivity (Wildman–Crippen MR) is 114 cm³/mol. The van der Waals surface area contributed by atoms with Crippen molar-refractivity contribution in [1.29, 1.82) is 0 Å². The number of nitrogens with one attached hydrogen (secondary N) is 1. The maximum Gasteiger partial charge on any atom is 0.255 e. The van der Waals surface area contributed by atoms with Gasteiger partial charge in [0, 0.05) is 19.2 Å². The highest BCUT2D eigenvalue weighted by Crippen LogP contribution is 2.29. The number of halogens is 2. The predicted octanol–water partition coefficient (Wildman–Crippen LogP) is 1.87. The molecule has 0 atom stereocenters. The third kappa shape index (κ3) is 6.45. The van der Waals surface area contributed by atoms with Crippen molar-refractivity contribution in [3.8, 4) is 5.75 Å². The zero-order valence-electron chi connectivity index (χ0n) is 16.4. The summed E-state index contributed by atoms with van der Waals surface area (Å²) in [6, 6.07) is 3.13. The van der Waals surface area contributed by atoms with Gasteiger partial charge in [0.25, 0.3) is 5.91 Å². The first kappa shape index (κ1) is 23.2. The topological polar surface area (TPSA) is 111 Å². The second kappa shape index (κ2) is 11.2.